The molecule has 12 heteroatoms. The Morgan fingerprint density at radius 1 is 1.14 bits per heavy atom. The van der Waals surface area contributed by atoms with E-state index in [1.165, 1.54) is 6.07 Å². The summed E-state index contributed by atoms with van der Waals surface area (Å²) in [4.78, 5) is 27.7. The van der Waals surface area contributed by atoms with Gasteiger partial charge in [0.15, 0.2) is 0 Å². The van der Waals surface area contributed by atoms with Crippen molar-refractivity contribution < 1.29 is 32.3 Å². The smallest absolute Gasteiger partial charge is 0.475 e. The molecule has 0 bridgehead atoms. The Labute approximate surface area is 198 Å². The molecule has 186 valence electrons. The lowest BCUT2D eigenvalue weighted by Gasteiger charge is -2.30. The Kier molecular flexibility index (Phi) is 8.18. The van der Waals surface area contributed by atoms with E-state index in [0.717, 1.165) is 12.8 Å². The Bertz CT molecular complexity index is 1140. The first kappa shape index (κ1) is 25.8. The summed E-state index contributed by atoms with van der Waals surface area (Å²) in [5.74, 6) is -3.10. The van der Waals surface area contributed by atoms with Crippen LogP contribution in [0.15, 0.2) is 55.0 Å². The van der Waals surface area contributed by atoms with Crippen molar-refractivity contribution in [2.45, 2.75) is 31.6 Å². The molecule has 8 nitrogen and oxygen atoms in total. The van der Waals surface area contributed by atoms with Crippen molar-refractivity contribution >= 4 is 11.9 Å². The van der Waals surface area contributed by atoms with Crippen molar-refractivity contribution in [3.63, 3.8) is 0 Å². The predicted octanol–water partition coefficient (Wildman–Crippen LogP) is 3.33. The molecule has 3 N–H and O–H groups in total. The molecule has 0 radical (unpaired) electrons. The Morgan fingerprint density at radius 2 is 1.83 bits per heavy atom. The number of alkyl halides is 3. The number of carboxylic acid groups (broad SMARTS) is 1. The first-order chi connectivity index (χ1) is 16.5. The maximum atomic E-state index is 14.5. The third kappa shape index (κ3) is 7.09. The number of pyridine rings is 1. The van der Waals surface area contributed by atoms with E-state index in [4.69, 9.17) is 15.6 Å². The minimum absolute atomic E-state index is 0.0355. The average Bonchev–Trinajstić information content (AvgIpc) is 3.34. The Balaban J connectivity index is 0.000000429. The number of nitrogens with two attached hydrogens (primary N) is 1. The number of nitrogens with zero attached hydrogens (tertiary/aromatic N) is 4. The summed E-state index contributed by atoms with van der Waals surface area (Å²) >= 11 is 0. The van der Waals surface area contributed by atoms with Crippen molar-refractivity contribution in [1.29, 1.82) is 0 Å². The van der Waals surface area contributed by atoms with Gasteiger partial charge in [-0.05, 0) is 37.1 Å². The number of halogens is 4. The molecule has 3 aromatic rings. The summed E-state index contributed by atoms with van der Waals surface area (Å²) in [5.41, 5.74) is 8.29. The standard InChI is InChI=1S/C21H22FN5O.C2HF3O2/c22-19-12-15(2-3-17(19)14-27-9-1-8-25-27)20-5-4-16(13-24-20)21(28)26-10-6-18(23)7-11-26;3-2(4,5)1(6)7/h1-5,8-9,12-13,18H,6-7,10-11,14,23H2;(H,6,7). The van der Waals surface area contributed by atoms with Crippen LogP contribution in [0.2, 0.25) is 0 Å². The minimum Gasteiger partial charge on any atom is -0.475 e. The molecule has 0 saturated carbocycles. The summed E-state index contributed by atoms with van der Waals surface area (Å²) in [6.07, 6.45) is 1.57. The molecular formula is C23H23F4N5O3. The largest absolute Gasteiger partial charge is 0.490 e. The molecule has 1 aliphatic rings. The second kappa shape index (κ2) is 11.1. The molecular weight excluding hydrogens is 470 g/mol. The van der Waals surface area contributed by atoms with E-state index in [0.29, 0.717) is 42.0 Å². The SMILES string of the molecule is NC1CCN(C(=O)c2ccc(-c3ccc(Cn4cccn4)c(F)c3)nc2)CC1.O=C(O)C(F)(F)F. The van der Waals surface area contributed by atoms with Gasteiger partial charge in [-0.15, -0.1) is 0 Å². The predicted molar refractivity (Wildman–Crippen MR) is 118 cm³/mol. The number of amides is 1. The van der Waals surface area contributed by atoms with Crippen LogP contribution in [0.4, 0.5) is 17.6 Å². The van der Waals surface area contributed by atoms with Crippen molar-refractivity contribution in [2.75, 3.05) is 13.1 Å². The number of likely N-dealkylation sites (tertiary alicyclic amines) is 1. The number of benzene rings is 1. The zero-order valence-corrected chi connectivity index (χ0v) is 18.5. The van der Waals surface area contributed by atoms with E-state index in [2.05, 4.69) is 10.1 Å². The van der Waals surface area contributed by atoms with Crippen molar-refractivity contribution in [2.24, 2.45) is 5.73 Å². The van der Waals surface area contributed by atoms with Crippen LogP contribution >= 0.6 is 0 Å². The van der Waals surface area contributed by atoms with E-state index in [1.807, 2.05) is 11.0 Å². The second-order valence-electron chi connectivity index (χ2n) is 7.87. The lowest BCUT2D eigenvalue weighted by atomic mass is 10.0. The van der Waals surface area contributed by atoms with Crippen LogP contribution in [0.25, 0.3) is 11.3 Å². The summed E-state index contributed by atoms with van der Waals surface area (Å²) in [7, 11) is 0. The molecule has 0 atom stereocenters. The van der Waals surface area contributed by atoms with Gasteiger partial charge < -0.3 is 15.7 Å². The van der Waals surface area contributed by atoms with E-state index in [1.54, 1.807) is 47.5 Å². The van der Waals surface area contributed by atoms with Gasteiger partial charge in [0, 0.05) is 48.8 Å². The van der Waals surface area contributed by atoms with Crippen molar-refractivity contribution in [3.8, 4) is 11.3 Å². The van der Waals surface area contributed by atoms with Crippen LogP contribution in [0, 0.1) is 5.82 Å². The molecule has 0 unspecified atom stereocenters. The third-order valence-corrected chi connectivity index (χ3v) is 5.32. The van der Waals surface area contributed by atoms with E-state index < -0.39 is 12.1 Å². The van der Waals surface area contributed by atoms with Crippen molar-refractivity contribution in [3.05, 3.63) is 71.9 Å². The Morgan fingerprint density at radius 3 is 2.34 bits per heavy atom. The molecule has 0 spiro atoms. The highest BCUT2D eigenvalue weighted by Gasteiger charge is 2.38. The number of carboxylic acids is 1. The van der Waals surface area contributed by atoms with Crippen LogP contribution in [0.3, 0.4) is 0 Å². The number of aliphatic carboxylic acids is 1. The first-order valence-corrected chi connectivity index (χ1v) is 10.6. The fourth-order valence-corrected chi connectivity index (χ4v) is 3.38. The molecule has 35 heavy (non-hydrogen) atoms. The number of aromatic nitrogens is 3. The van der Waals surface area contributed by atoms with Crippen LogP contribution in [-0.2, 0) is 11.3 Å². The molecule has 1 amide bonds. The van der Waals surface area contributed by atoms with E-state index in [9.17, 15) is 22.4 Å². The van der Waals surface area contributed by atoms with Crippen LogP contribution in [0.5, 0.6) is 0 Å². The van der Waals surface area contributed by atoms with Gasteiger partial charge in [0.25, 0.3) is 5.91 Å². The molecule has 2 aromatic heterocycles. The highest BCUT2D eigenvalue weighted by atomic mass is 19.4. The molecule has 4 rings (SSSR count). The molecule has 1 aromatic carbocycles. The zero-order valence-electron chi connectivity index (χ0n) is 18.5. The van der Waals surface area contributed by atoms with Crippen LogP contribution in [-0.4, -0.2) is 62.0 Å². The highest BCUT2D eigenvalue weighted by molar-refractivity contribution is 5.94. The normalized spacial score (nSPS) is 14.3. The second-order valence-corrected chi connectivity index (χ2v) is 7.87. The summed E-state index contributed by atoms with van der Waals surface area (Å²) < 4.78 is 47.9. The first-order valence-electron chi connectivity index (χ1n) is 10.6. The van der Waals surface area contributed by atoms with Gasteiger partial charge in [-0.1, -0.05) is 12.1 Å². The van der Waals surface area contributed by atoms with Gasteiger partial charge in [-0.2, -0.15) is 18.3 Å². The number of hydrogen-bond acceptors (Lipinski definition) is 5. The maximum Gasteiger partial charge on any atom is 0.490 e. The molecule has 3 heterocycles. The van der Waals surface area contributed by atoms with Gasteiger partial charge in [0.05, 0.1) is 17.8 Å². The quantitative estimate of drug-likeness (QED) is 0.539. The summed E-state index contributed by atoms with van der Waals surface area (Å²) in [5, 5.41) is 11.2. The summed E-state index contributed by atoms with van der Waals surface area (Å²) in [6.45, 7) is 1.72. The van der Waals surface area contributed by atoms with E-state index in [-0.39, 0.29) is 17.8 Å². The van der Waals surface area contributed by atoms with Gasteiger partial charge in [-0.3, -0.25) is 14.5 Å². The zero-order chi connectivity index (χ0) is 25.6. The van der Waals surface area contributed by atoms with Gasteiger partial charge >= 0.3 is 12.1 Å². The molecule has 1 fully saturated rings. The third-order valence-electron chi connectivity index (χ3n) is 5.32. The average molecular weight is 493 g/mol. The summed E-state index contributed by atoms with van der Waals surface area (Å²) in [6, 6.07) is 10.5. The minimum atomic E-state index is -5.08. The topological polar surface area (TPSA) is 114 Å². The van der Waals surface area contributed by atoms with E-state index >= 15 is 0 Å². The fraction of sp³-hybridized carbons (Fsp3) is 0.304. The van der Waals surface area contributed by atoms with Gasteiger partial charge in [0.2, 0.25) is 0 Å². The lowest BCUT2D eigenvalue weighted by Crippen LogP contribution is -2.42. The number of piperidine rings is 1. The monoisotopic (exact) mass is 493 g/mol. The fourth-order valence-electron chi connectivity index (χ4n) is 3.38. The molecule has 1 aliphatic heterocycles. The molecule has 1 saturated heterocycles. The maximum absolute atomic E-state index is 14.5. The van der Waals surface area contributed by atoms with Crippen LogP contribution in [0.1, 0.15) is 28.8 Å². The van der Waals surface area contributed by atoms with Crippen molar-refractivity contribution in [1.82, 2.24) is 19.7 Å². The van der Waals surface area contributed by atoms with Crippen LogP contribution < -0.4 is 5.73 Å². The molecule has 0 aliphatic carbocycles. The van der Waals surface area contributed by atoms with Gasteiger partial charge in [0.1, 0.15) is 5.82 Å². The van der Waals surface area contributed by atoms with Gasteiger partial charge in [-0.25, -0.2) is 9.18 Å². The number of rotatable bonds is 4. The Hall–Kier alpha value is -3.80. The number of hydrogen-bond donors (Lipinski definition) is 2. The highest BCUT2D eigenvalue weighted by Crippen LogP contribution is 2.22. The number of carbonyl (C=O) groups excluding carboxylic acids is 1. The number of carbonyl (C=O) groups is 2. The lowest BCUT2D eigenvalue weighted by molar-refractivity contribution is -0.192.